The molecule has 4 heteroatoms. The average molecular weight is 387 g/mol. The summed E-state index contributed by atoms with van der Waals surface area (Å²) in [7, 11) is 0. The van der Waals surface area contributed by atoms with Gasteiger partial charge in [-0.2, -0.15) is 0 Å². The second-order valence-corrected chi connectivity index (χ2v) is 6.76. The lowest BCUT2D eigenvalue weighted by atomic mass is 9.98. The van der Waals surface area contributed by atoms with Crippen LogP contribution in [0.4, 0.5) is 0 Å². The summed E-state index contributed by atoms with van der Waals surface area (Å²) in [6.45, 7) is 5.10. The number of aryl methyl sites for hydroxylation is 1. The largest absolute Gasteiger partial charge is 0.310 e. The van der Waals surface area contributed by atoms with E-state index in [0.29, 0.717) is 5.02 Å². The van der Waals surface area contributed by atoms with Gasteiger partial charge in [0.15, 0.2) is 0 Å². The second-order valence-electron chi connectivity index (χ2n) is 5.06. The van der Waals surface area contributed by atoms with Crippen LogP contribution >= 0.6 is 39.1 Å². The Balaban J connectivity index is 2.28. The van der Waals surface area contributed by atoms with Crippen molar-refractivity contribution in [3.63, 3.8) is 0 Å². The van der Waals surface area contributed by atoms with Crippen molar-refractivity contribution >= 4 is 39.1 Å². The number of halogens is 3. The van der Waals surface area contributed by atoms with Crippen LogP contribution in [0.2, 0.25) is 10.0 Å². The molecule has 0 spiro atoms. The predicted octanol–water partition coefficient (Wildman–Crippen LogP) is 5.96. The topological polar surface area (TPSA) is 12.0 Å². The van der Waals surface area contributed by atoms with Crippen LogP contribution in [0.15, 0.2) is 40.9 Å². The summed E-state index contributed by atoms with van der Waals surface area (Å²) in [6, 6.07) is 12.4. The molecule has 2 aromatic carbocycles. The van der Waals surface area contributed by atoms with E-state index < -0.39 is 0 Å². The molecule has 1 N–H and O–H groups in total. The summed E-state index contributed by atoms with van der Waals surface area (Å²) in [6.07, 6.45) is 0.833. The van der Waals surface area contributed by atoms with Crippen LogP contribution in [-0.2, 0) is 6.42 Å². The summed E-state index contributed by atoms with van der Waals surface area (Å²) in [5.74, 6) is 0. The van der Waals surface area contributed by atoms with Gasteiger partial charge in [0, 0.05) is 20.6 Å². The van der Waals surface area contributed by atoms with E-state index in [2.05, 4.69) is 53.3 Å². The maximum absolute atomic E-state index is 6.30. The number of likely N-dealkylation sites (N-methyl/N-ethyl adjacent to an activating group) is 1. The molecule has 0 heterocycles. The van der Waals surface area contributed by atoms with Crippen molar-refractivity contribution in [1.29, 1.82) is 0 Å². The first kappa shape index (κ1) is 16.8. The number of hydrogen-bond donors (Lipinski definition) is 1. The Kier molecular flexibility index (Phi) is 6.12. The molecule has 0 bridgehead atoms. The third-order valence-electron chi connectivity index (χ3n) is 3.49. The molecule has 2 aromatic rings. The minimum atomic E-state index is 0.227. The molecule has 0 aliphatic rings. The molecule has 0 saturated carbocycles. The van der Waals surface area contributed by atoms with Crippen molar-refractivity contribution in [2.75, 3.05) is 6.54 Å². The molecule has 0 aromatic heterocycles. The number of hydrogen-bond acceptors (Lipinski definition) is 1. The van der Waals surface area contributed by atoms with Crippen molar-refractivity contribution < 1.29 is 0 Å². The lowest BCUT2D eigenvalue weighted by molar-refractivity contribution is 0.549. The molecule has 0 saturated heterocycles. The predicted molar refractivity (Wildman–Crippen MR) is 95.5 cm³/mol. The first-order valence-corrected chi connectivity index (χ1v) is 8.49. The fourth-order valence-electron chi connectivity index (χ4n) is 2.29. The Hall–Kier alpha value is -0.540. The molecule has 0 aliphatic heterocycles. The Morgan fingerprint density at radius 3 is 2.52 bits per heavy atom. The van der Waals surface area contributed by atoms with Crippen LogP contribution in [0.5, 0.6) is 0 Å². The van der Waals surface area contributed by atoms with Gasteiger partial charge in [-0.3, -0.25) is 0 Å². The van der Waals surface area contributed by atoms with Gasteiger partial charge in [0.2, 0.25) is 0 Å². The fraction of sp³-hybridized carbons (Fsp3) is 0.294. The summed E-state index contributed by atoms with van der Waals surface area (Å²) in [5, 5.41) is 4.91. The van der Waals surface area contributed by atoms with E-state index in [4.69, 9.17) is 23.2 Å². The lowest BCUT2D eigenvalue weighted by Crippen LogP contribution is -2.23. The highest BCUT2D eigenvalue weighted by Gasteiger charge is 2.14. The normalized spacial score (nSPS) is 12.4. The van der Waals surface area contributed by atoms with Crippen LogP contribution < -0.4 is 5.32 Å². The third kappa shape index (κ3) is 4.46. The van der Waals surface area contributed by atoms with Crippen molar-refractivity contribution in [3.05, 3.63) is 67.6 Å². The van der Waals surface area contributed by atoms with E-state index in [9.17, 15) is 0 Å². The van der Waals surface area contributed by atoms with Crippen LogP contribution in [0.3, 0.4) is 0 Å². The SMILES string of the molecule is CCNC(Cc1ccc(Cl)cc1Cl)c1ccc(C)c(Br)c1. The highest BCUT2D eigenvalue weighted by atomic mass is 79.9. The Morgan fingerprint density at radius 1 is 1.14 bits per heavy atom. The van der Waals surface area contributed by atoms with Gasteiger partial charge in [-0.05, 0) is 54.8 Å². The minimum Gasteiger partial charge on any atom is -0.310 e. The van der Waals surface area contributed by atoms with Gasteiger partial charge in [0.1, 0.15) is 0 Å². The maximum atomic E-state index is 6.30. The average Bonchev–Trinajstić information content (AvgIpc) is 2.44. The summed E-state index contributed by atoms with van der Waals surface area (Å²) in [5.41, 5.74) is 3.59. The van der Waals surface area contributed by atoms with Gasteiger partial charge in [-0.15, -0.1) is 0 Å². The standard InChI is InChI=1S/C17H18BrCl2N/c1-3-21-17(13-5-4-11(2)15(18)8-13)9-12-6-7-14(19)10-16(12)20/h4-8,10,17,21H,3,9H2,1-2H3. The minimum absolute atomic E-state index is 0.227. The maximum Gasteiger partial charge on any atom is 0.0453 e. The lowest BCUT2D eigenvalue weighted by Gasteiger charge is -2.20. The highest BCUT2D eigenvalue weighted by molar-refractivity contribution is 9.10. The third-order valence-corrected chi connectivity index (χ3v) is 4.93. The van der Waals surface area contributed by atoms with E-state index >= 15 is 0 Å². The smallest absolute Gasteiger partial charge is 0.0453 e. The number of rotatable bonds is 5. The first-order chi connectivity index (χ1) is 10.0. The molecule has 0 fully saturated rings. The van der Waals surface area contributed by atoms with Crippen molar-refractivity contribution in [1.82, 2.24) is 5.32 Å². The van der Waals surface area contributed by atoms with Crippen molar-refractivity contribution in [2.45, 2.75) is 26.3 Å². The van der Waals surface area contributed by atoms with E-state index in [1.165, 1.54) is 11.1 Å². The van der Waals surface area contributed by atoms with E-state index in [1.54, 1.807) is 6.07 Å². The molecule has 2 rings (SSSR count). The molecule has 1 nitrogen and oxygen atoms in total. The Bertz CT molecular complexity index is 628. The molecular weight excluding hydrogens is 369 g/mol. The van der Waals surface area contributed by atoms with E-state index in [0.717, 1.165) is 28.0 Å². The van der Waals surface area contributed by atoms with Gasteiger partial charge >= 0.3 is 0 Å². The second kappa shape index (κ2) is 7.64. The zero-order chi connectivity index (χ0) is 15.4. The quantitative estimate of drug-likeness (QED) is 0.668. The van der Waals surface area contributed by atoms with E-state index in [-0.39, 0.29) is 6.04 Å². The molecule has 1 unspecified atom stereocenters. The molecule has 21 heavy (non-hydrogen) atoms. The van der Waals surface area contributed by atoms with Crippen LogP contribution in [0, 0.1) is 6.92 Å². The highest BCUT2D eigenvalue weighted by Crippen LogP contribution is 2.28. The number of benzene rings is 2. The number of nitrogens with one attached hydrogen (secondary N) is 1. The van der Waals surface area contributed by atoms with Gasteiger partial charge in [0.25, 0.3) is 0 Å². The van der Waals surface area contributed by atoms with Gasteiger partial charge in [-0.25, -0.2) is 0 Å². The molecule has 0 radical (unpaired) electrons. The first-order valence-electron chi connectivity index (χ1n) is 6.94. The molecular formula is C17H18BrCl2N. The fourth-order valence-corrected chi connectivity index (χ4v) is 3.17. The van der Waals surface area contributed by atoms with Crippen molar-refractivity contribution in [2.24, 2.45) is 0 Å². The van der Waals surface area contributed by atoms with Crippen LogP contribution in [0.25, 0.3) is 0 Å². The summed E-state index contributed by atoms with van der Waals surface area (Å²) >= 11 is 15.9. The molecule has 0 amide bonds. The summed E-state index contributed by atoms with van der Waals surface area (Å²) in [4.78, 5) is 0. The molecule has 0 aliphatic carbocycles. The molecule has 112 valence electrons. The molecule has 1 atom stereocenters. The Labute approximate surface area is 144 Å². The summed E-state index contributed by atoms with van der Waals surface area (Å²) < 4.78 is 1.13. The van der Waals surface area contributed by atoms with Crippen molar-refractivity contribution in [3.8, 4) is 0 Å². The Morgan fingerprint density at radius 2 is 1.90 bits per heavy atom. The van der Waals surface area contributed by atoms with Gasteiger partial charge in [0.05, 0.1) is 0 Å². The van der Waals surface area contributed by atoms with E-state index in [1.807, 2.05) is 12.1 Å². The van der Waals surface area contributed by atoms with Crippen LogP contribution in [0.1, 0.15) is 29.7 Å². The van der Waals surface area contributed by atoms with Gasteiger partial charge in [-0.1, -0.05) is 64.3 Å². The monoisotopic (exact) mass is 385 g/mol. The van der Waals surface area contributed by atoms with Crippen LogP contribution in [-0.4, -0.2) is 6.54 Å². The zero-order valence-corrected chi connectivity index (χ0v) is 15.2. The zero-order valence-electron chi connectivity index (χ0n) is 12.1. The van der Waals surface area contributed by atoms with Gasteiger partial charge < -0.3 is 5.32 Å².